The Morgan fingerprint density at radius 1 is 0.508 bits per heavy atom. The molecule has 6 aromatic rings. The SMILES string of the molecule is CC1CCN(S(=O)(=O)c2ccc3c(c2)cc(C(=O)O)n3S(=O)(=O)c2ccccc2)CC1.CC1CCN(S(=O)(=O)c2ccc3c(ccn3S(=O)(=O)c3ccccc3)c2)CC1. The summed E-state index contributed by atoms with van der Waals surface area (Å²) < 4.78 is 109. The van der Waals surface area contributed by atoms with Crippen LogP contribution in [0.5, 0.6) is 0 Å². The number of aromatic nitrogens is 2. The zero-order valence-corrected chi connectivity index (χ0v) is 35.6. The molecule has 2 aliphatic heterocycles. The highest BCUT2D eigenvalue weighted by Gasteiger charge is 2.32. The maximum absolute atomic E-state index is 13.2. The summed E-state index contributed by atoms with van der Waals surface area (Å²) in [6.45, 7) is 6.09. The molecular weight excluding hydrogens is 837 g/mol. The average molecular weight is 881 g/mol. The molecule has 0 amide bonds. The van der Waals surface area contributed by atoms with Gasteiger partial charge in [0.2, 0.25) is 20.0 Å². The number of carboxylic acid groups (broad SMARTS) is 1. The lowest BCUT2D eigenvalue weighted by Gasteiger charge is -2.29. The lowest BCUT2D eigenvalue weighted by molar-refractivity contribution is 0.0689. The molecule has 1 N–H and O–H groups in total. The third-order valence-electron chi connectivity index (χ3n) is 10.9. The monoisotopic (exact) mass is 880 g/mol. The van der Waals surface area contributed by atoms with Crippen molar-refractivity contribution >= 4 is 67.9 Å². The van der Waals surface area contributed by atoms with Crippen molar-refractivity contribution in [2.24, 2.45) is 11.8 Å². The number of rotatable bonds is 9. The third-order valence-corrected chi connectivity index (χ3v) is 18.2. The Hall–Kier alpha value is -4.85. The number of sulfonamides is 2. The molecule has 4 heterocycles. The van der Waals surface area contributed by atoms with Crippen molar-refractivity contribution < 1.29 is 43.6 Å². The van der Waals surface area contributed by atoms with Crippen molar-refractivity contribution in [2.75, 3.05) is 26.2 Å². The average Bonchev–Trinajstić information content (AvgIpc) is 3.85. The summed E-state index contributed by atoms with van der Waals surface area (Å²) in [5, 5.41) is 10.4. The molecule has 0 bridgehead atoms. The Morgan fingerprint density at radius 3 is 1.42 bits per heavy atom. The second-order valence-corrected chi connectivity index (χ2v) is 22.4. The van der Waals surface area contributed by atoms with Gasteiger partial charge in [-0.1, -0.05) is 50.2 Å². The van der Waals surface area contributed by atoms with Gasteiger partial charge in [-0.05, 0) is 110 Å². The molecule has 14 nitrogen and oxygen atoms in total. The Morgan fingerprint density at radius 2 is 0.949 bits per heavy atom. The van der Waals surface area contributed by atoms with Gasteiger partial charge >= 0.3 is 5.97 Å². The number of aromatic carboxylic acids is 1. The summed E-state index contributed by atoms with van der Waals surface area (Å²) in [6.07, 6.45) is 4.72. The van der Waals surface area contributed by atoms with Gasteiger partial charge in [0.1, 0.15) is 5.69 Å². The fraction of sp³-hybridized carbons (Fsp3) is 0.293. The maximum Gasteiger partial charge on any atom is 0.353 e. The Balaban J connectivity index is 0.000000180. The molecule has 2 saturated heterocycles. The van der Waals surface area contributed by atoms with Crippen LogP contribution in [0.2, 0.25) is 0 Å². The first-order valence-corrected chi connectivity index (χ1v) is 24.8. The Kier molecular flexibility index (Phi) is 11.7. The van der Waals surface area contributed by atoms with E-state index in [1.54, 1.807) is 54.6 Å². The van der Waals surface area contributed by atoms with Crippen molar-refractivity contribution in [3.8, 4) is 0 Å². The summed E-state index contributed by atoms with van der Waals surface area (Å²) in [5.41, 5.74) is 0.0998. The van der Waals surface area contributed by atoms with E-state index in [0.717, 1.165) is 29.7 Å². The third kappa shape index (κ3) is 8.21. The van der Waals surface area contributed by atoms with Crippen LogP contribution in [0.15, 0.2) is 135 Å². The highest BCUT2D eigenvalue weighted by Crippen LogP contribution is 2.31. The van der Waals surface area contributed by atoms with Crippen LogP contribution in [0, 0.1) is 11.8 Å². The van der Waals surface area contributed by atoms with Crippen LogP contribution in [0.4, 0.5) is 0 Å². The summed E-state index contributed by atoms with van der Waals surface area (Å²) >= 11 is 0. The van der Waals surface area contributed by atoms with Gasteiger partial charge in [-0.25, -0.2) is 46.4 Å². The lowest BCUT2D eigenvalue weighted by Crippen LogP contribution is -2.37. The minimum Gasteiger partial charge on any atom is -0.477 e. The molecule has 59 heavy (non-hydrogen) atoms. The molecule has 2 aromatic heterocycles. The maximum atomic E-state index is 13.2. The van der Waals surface area contributed by atoms with Crippen LogP contribution in [-0.2, 0) is 40.1 Å². The largest absolute Gasteiger partial charge is 0.477 e. The molecule has 8 rings (SSSR count). The van der Waals surface area contributed by atoms with E-state index in [-0.39, 0.29) is 30.5 Å². The van der Waals surface area contributed by atoms with Gasteiger partial charge in [-0.3, -0.25) is 0 Å². The van der Waals surface area contributed by atoms with Crippen LogP contribution in [0.1, 0.15) is 50.0 Å². The minimum absolute atomic E-state index is 0.0146. The Labute approximate surface area is 344 Å². The highest BCUT2D eigenvalue weighted by atomic mass is 32.2. The molecule has 18 heteroatoms. The van der Waals surface area contributed by atoms with Gasteiger partial charge in [0.05, 0.1) is 30.6 Å². The zero-order valence-electron chi connectivity index (χ0n) is 32.3. The first kappa shape index (κ1) is 42.3. The minimum atomic E-state index is -4.20. The van der Waals surface area contributed by atoms with Crippen LogP contribution in [0.25, 0.3) is 21.8 Å². The highest BCUT2D eigenvalue weighted by molar-refractivity contribution is 7.90. The van der Waals surface area contributed by atoms with Crippen molar-refractivity contribution in [3.05, 3.63) is 121 Å². The molecule has 0 radical (unpaired) electrons. The fourth-order valence-corrected chi connectivity index (χ4v) is 13.3. The number of carbonyl (C=O) groups is 1. The van der Waals surface area contributed by atoms with E-state index < -0.39 is 51.8 Å². The second-order valence-electron chi connectivity index (χ2n) is 15.0. The smallest absolute Gasteiger partial charge is 0.353 e. The number of benzene rings is 4. The zero-order chi connectivity index (χ0) is 42.3. The molecule has 0 aliphatic carbocycles. The molecule has 2 aliphatic rings. The van der Waals surface area contributed by atoms with E-state index in [2.05, 4.69) is 13.8 Å². The van der Waals surface area contributed by atoms with E-state index in [4.69, 9.17) is 0 Å². The molecule has 0 saturated carbocycles. The fourth-order valence-electron chi connectivity index (χ4n) is 7.35. The van der Waals surface area contributed by atoms with Crippen molar-refractivity contribution in [2.45, 2.75) is 59.1 Å². The quantitative estimate of drug-likeness (QED) is 0.173. The van der Waals surface area contributed by atoms with Gasteiger partial charge in [-0.2, -0.15) is 8.61 Å². The predicted octanol–water partition coefficient (Wildman–Crippen LogP) is 6.30. The molecule has 2 fully saturated rings. The molecule has 0 spiro atoms. The molecular formula is C41H44N4O10S4. The number of nitrogens with zero attached hydrogens (tertiary/aromatic N) is 4. The number of fused-ring (bicyclic) bond motifs is 2. The standard InChI is InChI=1S/C21H22N2O6S2.C20H22N2O4S2/c1-15-9-11-22(12-10-15)30(26,27)18-7-8-19-16(13-18)14-20(21(24)25)23(19)31(28,29)17-5-3-2-4-6-17;1-16-9-12-21(13-10-16)27(23,24)19-7-8-20-17(15-19)11-14-22(20)28(25,26)18-5-3-2-4-6-18/h2-8,13-15H,9-12H2,1H3,(H,24,25);2-8,11,14-16H,9-10,12-13H2,1H3. The predicted molar refractivity (Wildman–Crippen MR) is 223 cm³/mol. The number of hydrogen-bond acceptors (Lipinski definition) is 9. The first-order valence-electron chi connectivity index (χ1n) is 19.0. The van der Waals surface area contributed by atoms with Crippen molar-refractivity contribution in [1.29, 1.82) is 0 Å². The topological polar surface area (TPSA) is 190 Å². The Bertz CT molecular complexity index is 2970. The van der Waals surface area contributed by atoms with E-state index in [9.17, 15) is 43.6 Å². The van der Waals surface area contributed by atoms with Crippen LogP contribution in [0.3, 0.4) is 0 Å². The number of carboxylic acids is 1. The second kappa shape index (κ2) is 16.3. The first-order chi connectivity index (χ1) is 27.9. The summed E-state index contributed by atoms with van der Waals surface area (Å²) in [6, 6.07) is 27.1. The number of piperidine rings is 2. The summed E-state index contributed by atoms with van der Waals surface area (Å²) in [7, 11) is -15.3. The van der Waals surface area contributed by atoms with Crippen LogP contribution < -0.4 is 0 Å². The van der Waals surface area contributed by atoms with E-state index in [1.807, 2.05) is 0 Å². The van der Waals surface area contributed by atoms with Crippen LogP contribution in [-0.4, -0.2) is 87.5 Å². The van der Waals surface area contributed by atoms with Crippen molar-refractivity contribution in [1.82, 2.24) is 16.6 Å². The summed E-state index contributed by atoms with van der Waals surface area (Å²) in [5.74, 6) is -0.430. The van der Waals surface area contributed by atoms with Crippen molar-refractivity contribution in [3.63, 3.8) is 0 Å². The molecule has 0 unspecified atom stereocenters. The van der Waals surface area contributed by atoms with E-state index in [0.29, 0.717) is 48.9 Å². The van der Waals surface area contributed by atoms with Gasteiger partial charge in [0.15, 0.2) is 0 Å². The van der Waals surface area contributed by atoms with Gasteiger partial charge in [0.25, 0.3) is 20.0 Å². The molecule has 312 valence electrons. The number of hydrogen-bond donors (Lipinski definition) is 1. The van der Waals surface area contributed by atoms with Gasteiger partial charge in [0, 0.05) is 43.1 Å². The van der Waals surface area contributed by atoms with E-state index >= 15 is 0 Å². The van der Waals surface area contributed by atoms with Gasteiger partial charge in [-0.15, -0.1) is 0 Å². The molecule has 0 atom stereocenters. The van der Waals surface area contributed by atoms with Crippen LogP contribution >= 0.6 is 0 Å². The summed E-state index contributed by atoms with van der Waals surface area (Å²) in [4.78, 5) is 12.2. The molecule has 4 aromatic carbocycles. The lowest BCUT2D eigenvalue weighted by atomic mass is 10.0. The normalized spacial score (nSPS) is 16.8. The van der Waals surface area contributed by atoms with E-state index in [1.165, 1.54) is 73.4 Å². The van der Waals surface area contributed by atoms with Gasteiger partial charge < -0.3 is 5.11 Å².